The molecule has 2 nitrogen and oxygen atoms in total. The van der Waals surface area contributed by atoms with Crippen LogP contribution in [0.3, 0.4) is 0 Å². The molecule has 1 aromatic carbocycles. The zero-order chi connectivity index (χ0) is 15.4. The van der Waals surface area contributed by atoms with Crippen LogP contribution in [0.1, 0.15) is 17.5 Å². The molecule has 3 aliphatic rings. The smallest absolute Gasteiger partial charge is 0.362 e. The van der Waals surface area contributed by atoms with Gasteiger partial charge in [0.2, 0.25) is 0 Å². The third kappa shape index (κ3) is 2.36. The molecule has 1 aromatic rings. The maximum Gasteiger partial charge on any atom is 0.416 e. The van der Waals surface area contributed by atoms with Crippen LogP contribution in [0.25, 0.3) is 0 Å². The monoisotopic (exact) mass is 309 g/mol. The second-order valence-corrected chi connectivity index (χ2v) is 6.58. The number of halogens is 3. The Morgan fingerprint density at radius 3 is 2.64 bits per heavy atom. The SMILES string of the molecule is FC(F)(F)c1ccc(CCN2CC3CC4C=CC3(C2)O4)cc1. The number of hydrogen-bond acceptors (Lipinski definition) is 2. The molecule has 3 unspecified atom stereocenters. The van der Waals surface area contributed by atoms with Gasteiger partial charge in [0.15, 0.2) is 0 Å². The Hall–Kier alpha value is -1.33. The molecule has 3 aliphatic heterocycles. The summed E-state index contributed by atoms with van der Waals surface area (Å²) in [5.41, 5.74) is 0.287. The Balaban J connectivity index is 1.35. The van der Waals surface area contributed by atoms with Crippen molar-refractivity contribution in [3.05, 3.63) is 47.5 Å². The minimum atomic E-state index is -4.26. The summed E-state index contributed by atoms with van der Waals surface area (Å²) in [6.45, 7) is 2.80. The van der Waals surface area contributed by atoms with Crippen LogP contribution in [0.2, 0.25) is 0 Å². The third-order valence-electron chi connectivity index (χ3n) is 5.12. The van der Waals surface area contributed by atoms with E-state index in [2.05, 4.69) is 17.1 Å². The predicted octanol–water partition coefficient (Wildman–Crippen LogP) is 3.28. The van der Waals surface area contributed by atoms with E-state index in [0.717, 1.165) is 38.0 Å². The Bertz CT molecular complexity index is 595. The molecule has 22 heavy (non-hydrogen) atoms. The zero-order valence-corrected chi connectivity index (χ0v) is 12.1. The summed E-state index contributed by atoms with van der Waals surface area (Å²) in [6.07, 6.45) is 2.30. The lowest BCUT2D eigenvalue weighted by Crippen LogP contribution is -2.33. The van der Waals surface area contributed by atoms with Gasteiger partial charge in [0.05, 0.1) is 11.7 Å². The maximum atomic E-state index is 12.5. The van der Waals surface area contributed by atoms with Crippen molar-refractivity contribution >= 4 is 0 Å². The molecule has 2 fully saturated rings. The Morgan fingerprint density at radius 1 is 1.23 bits per heavy atom. The second-order valence-electron chi connectivity index (χ2n) is 6.58. The van der Waals surface area contributed by atoms with E-state index in [0.29, 0.717) is 12.0 Å². The van der Waals surface area contributed by atoms with E-state index >= 15 is 0 Å². The topological polar surface area (TPSA) is 12.5 Å². The molecule has 0 aromatic heterocycles. The van der Waals surface area contributed by atoms with Crippen molar-refractivity contribution in [2.24, 2.45) is 5.92 Å². The first-order valence-corrected chi connectivity index (χ1v) is 7.70. The van der Waals surface area contributed by atoms with E-state index < -0.39 is 11.7 Å². The Kier molecular flexibility index (Phi) is 3.13. The van der Waals surface area contributed by atoms with E-state index in [1.54, 1.807) is 12.1 Å². The lowest BCUT2D eigenvalue weighted by Gasteiger charge is -2.22. The van der Waals surface area contributed by atoms with Gasteiger partial charge in [-0.25, -0.2) is 0 Å². The maximum absolute atomic E-state index is 12.5. The van der Waals surface area contributed by atoms with Gasteiger partial charge in [-0.1, -0.05) is 24.3 Å². The van der Waals surface area contributed by atoms with Crippen molar-refractivity contribution in [3.8, 4) is 0 Å². The largest absolute Gasteiger partial charge is 0.416 e. The zero-order valence-electron chi connectivity index (χ0n) is 12.1. The number of fused-ring (bicyclic) bond motifs is 1. The molecule has 1 spiro atoms. The molecular weight excluding hydrogens is 291 g/mol. The Morgan fingerprint density at radius 2 is 2.00 bits per heavy atom. The number of ether oxygens (including phenoxy) is 1. The average Bonchev–Trinajstić information content (AvgIpc) is 3.11. The van der Waals surface area contributed by atoms with Gasteiger partial charge in [-0.15, -0.1) is 0 Å². The summed E-state index contributed by atoms with van der Waals surface area (Å²) >= 11 is 0. The minimum Gasteiger partial charge on any atom is -0.362 e. The van der Waals surface area contributed by atoms with Crippen LogP contribution in [0, 0.1) is 5.92 Å². The number of benzene rings is 1. The van der Waals surface area contributed by atoms with Gasteiger partial charge in [-0.3, -0.25) is 4.90 Å². The van der Waals surface area contributed by atoms with Crippen molar-refractivity contribution in [1.82, 2.24) is 4.90 Å². The highest BCUT2D eigenvalue weighted by atomic mass is 19.4. The number of alkyl halides is 3. The third-order valence-corrected chi connectivity index (χ3v) is 5.12. The molecule has 0 amide bonds. The number of likely N-dealkylation sites (tertiary alicyclic amines) is 1. The molecule has 2 bridgehead atoms. The van der Waals surface area contributed by atoms with Gasteiger partial charge in [0, 0.05) is 25.6 Å². The highest BCUT2D eigenvalue weighted by molar-refractivity contribution is 5.26. The van der Waals surface area contributed by atoms with Gasteiger partial charge in [-0.2, -0.15) is 13.2 Å². The van der Waals surface area contributed by atoms with Crippen LogP contribution in [0.4, 0.5) is 13.2 Å². The molecule has 0 radical (unpaired) electrons. The molecular formula is C17H18F3NO. The van der Waals surface area contributed by atoms with Crippen molar-refractivity contribution in [2.75, 3.05) is 19.6 Å². The van der Waals surface area contributed by atoms with Crippen molar-refractivity contribution in [3.63, 3.8) is 0 Å². The van der Waals surface area contributed by atoms with Gasteiger partial charge in [0.25, 0.3) is 0 Å². The van der Waals surface area contributed by atoms with E-state index in [9.17, 15) is 13.2 Å². The lowest BCUT2D eigenvalue weighted by atomic mass is 9.86. The van der Waals surface area contributed by atoms with Gasteiger partial charge >= 0.3 is 6.18 Å². The molecule has 3 heterocycles. The Labute approximate surface area is 127 Å². The summed E-state index contributed by atoms with van der Waals surface area (Å²) in [5.74, 6) is 0.579. The predicted molar refractivity (Wildman–Crippen MR) is 76.4 cm³/mol. The molecule has 0 aliphatic carbocycles. The van der Waals surface area contributed by atoms with Crippen LogP contribution in [0.5, 0.6) is 0 Å². The molecule has 118 valence electrons. The van der Waals surface area contributed by atoms with Crippen molar-refractivity contribution in [2.45, 2.75) is 30.7 Å². The van der Waals surface area contributed by atoms with Crippen LogP contribution in [-0.4, -0.2) is 36.2 Å². The first-order chi connectivity index (χ1) is 10.4. The summed E-state index contributed by atoms with van der Waals surface area (Å²) in [7, 11) is 0. The fourth-order valence-corrected chi connectivity index (χ4v) is 3.96. The molecule has 0 N–H and O–H groups in total. The summed E-state index contributed by atoms with van der Waals surface area (Å²) in [6, 6.07) is 5.50. The first-order valence-electron chi connectivity index (χ1n) is 7.70. The molecule has 5 heteroatoms. The van der Waals surface area contributed by atoms with Gasteiger partial charge in [0.1, 0.15) is 5.60 Å². The minimum absolute atomic E-state index is 0.0786. The van der Waals surface area contributed by atoms with Crippen LogP contribution >= 0.6 is 0 Å². The standard InChI is InChI=1S/C17H18F3NO/c18-17(19,20)13-3-1-12(2-4-13)6-8-21-10-14-9-15-5-7-16(14,11-21)22-15/h1-5,7,14-15H,6,8-11H2. The summed E-state index contributed by atoms with van der Waals surface area (Å²) in [5, 5.41) is 0. The van der Waals surface area contributed by atoms with E-state index in [1.807, 2.05) is 0 Å². The highest BCUT2D eigenvalue weighted by Gasteiger charge is 2.54. The lowest BCUT2D eigenvalue weighted by molar-refractivity contribution is -0.137. The average molecular weight is 309 g/mol. The van der Waals surface area contributed by atoms with Crippen LogP contribution in [0.15, 0.2) is 36.4 Å². The summed E-state index contributed by atoms with van der Waals surface area (Å²) in [4.78, 5) is 2.37. The fourth-order valence-electron chi connectivity index (χ4n) is 3.96. The highest BCUT2D eigenvalue weighted by Crippen LogP contribution is 2.47. The normalized spacial score (nSPS) is 33.6. The fraction of sp³-hybridized carbons (Fsp3) is 0.529. The first kappa shape index (κ1) is 14.3. The molecule has 3 atom stereocenters. The quantitative estimate of drug-likeness (QED) is 0.795. The van der Waals surface area contributed by atoms with E-state index in [-0.39, 0.29) is 5.60 Å². The van der Waals surface area contributed by atoms with Crippen LogP contribution < -0.4 is 0 Å². The summed E-state index contributed by atoms with van der Waals surface area (Å²) < 4.78 is 43.7. The second kappa shape index (κ2) is 4.83. The van der Waals surface area contributed by atoms with Crippen LogP contribution in [-0.2, 0) is 17.3 Å². The molecule has 2 saturated heterocycles. The van der Waals surface area contributed by atoms with Gasteiger partial charge < -0.3 is 4.74 Å². The number of rotatable bonds is 3. The molecule has 4 rings (SSSR count). The van der Waals surface area contributed by atoms with Crippen molar-refractivity contribution < 1.29 is 17.9 Å². The van der Waals surface area contributed by atoms with E-state index in [1.165, 1.54) is 12.1 Å². The molecule has 0 saturated carbocycles. The van der Waals surface area contributed by atoms with Gasteiger partial charge in [-0.05, 0) is 30.5 Å². The number of nitrogens with zero attached hydrogens (tertiary/aromatic N) is 1. The number of hydrogen-bond donors (Lipinski definition) is 0. The van der Waals surface area contributed by atoms with E-state index in [4.69, 9.17) is 4.74 Å². The van der Waals surface area contributed by atoms with Crippen molar-refractivity contribution in [1.29, 1.82) is 0 Å².